The zero-order chi connectivity index (χ0) is 54.6. The molecule has 0 radical (unpaired) electrons. The maximum Gasteiger partial charge on any atom is 0.252 e. The second-order valence-electron chi connectivity index (χ2n) is 29.0. The van der Waals surface area contributed by atoms with Gasteiger partial charge in [0.05, 0.1) is 5.54 Å². The van der Waals surface area contributed by atoms with Crippen LogP contribution in [0.15, 0.2) is 138 Å². The van der Waals surface area contributed by atoms with Gasteiger partial charge in [0.2, 0.25) is 0 Å². The van der Waals surface area contributed by atoms with Crippen LogP contribution in [-0.4, -0.2) is 12.3 Å². The summed E-state index contributed by atoms with van der Waals surface area (Å²) in [4.78, 5) is 8.24. The molecule has 0 N–H and O–H groups in total. The monoisotopic (exact) mass is 1030 g/mol. The number of hydrogen-bond donors (Lipinski definition) is 0. The number of nitrogens with zero attached hydrogens (tertiary/aromatic N) is 3. The maximum absolute atomic E-state index is 6.73. The molecule has 7 aliphatic rings. The van der Waals surface area contributed by atoms with Crippen molar-refractivity contribution < 1.29 is 4.42 Å². The van der Waals surface area contributed by atoms with E-state index in [9.17, 15) is 0 Å². The van der Waals surface area contributed by atoms with Crippen molar-refractivity contribution in [2.24, 2.45) is 0 Å². The van der Waals surface area contributed by atoms with Gasteiger partial charge in [-0.05, 0) is 201 Å². The first-order chi connectivity index (χ1) is 37.5. The molecule has 16 rings (SSSR count). The van der Waals surface area contributed by atoms with Crippen LogP contribution in [0.3, 0.4) is 0 Å². The van der Waals surface area contributed by atoms with Gasteiger partial charge in [0, 0.05) is 78.6 Å². The fourth-order valence-electron chi connectivity index (χ4n) is 18.2. The second-order valence-corrected chi connectivity index (χ2v) is 29.0. The Morgan fingerprint density at radius 3 is 1.90 bits per heavy atom. The van der Waals surface area contributed by atoms with Gasteiger partial charge in [-0.25, -0.2) is 0 Å². The highest BCUT2D eigenvalue weighted by molar-refractivity contribution is 7.00. The third-order valence-electron chi connectivity index (χ3n) is 22.1. The normalized spacial score (nSPS) is 23.7. The molecule has 5 heteroatoms. The van der Waals surface area contributed by atoms with E-state index >= 15 is 0 Å². The Hall–Kier alpha value is -6.98. The molecule has 79 heavy (non-hydrogen) atoms. The van der Waals surface area contributed by atoms with Crippen LogP contribution in [0.1, 0.15) is 176 Å². The van der Waals surface area contributed by atoms with Crippen molar-refractivity contribution in [3.05, 3.63) is 195 Å². The minimum Gasteiger partial charge on any atom is -0.456 e. The molecule has 394 valence electrons. The van der Waals surface area contributed by atoms with Gasteiger partial charge in [0.15, 0.2) is 0 Å². The van der Waals surface area contributed by atoms with Crippen molar-refractivity contribution in [3.8, 4) is 0 Å². The predicted molar refractivity (Wildman–Crippen MR) is 334 cm³/mol. The summed E-state index contributed by atoms with van der Waals surface area (Å²) in [5.41, 5.74) is 30.7. The molecule has 5 heterocycles. The fourth-order valence-corrected chi connectivity index (χ4v) is 18.2. The highest BCUT2D eigenvalue weighted by Crippen LogP contribution is 2.65. The molecule has 0 amide bonds. The molecule has 6 bridgehead atoms. The number of fused-ring (bicyclic) bond motifs is 19. The van der Waals surface area contributed by atoms with Crippen molar-refractivity contribution in [1.82, 2.24) is 0 Å². The third-order valence-corrected chi connectivity index (χ3v) is 22.1. The van der Waals surface area contributed by atoms with Crippen LogP contribution in [0.2, 0.25) is 0 Å². The molecule has 3 atom stereocenters. The van der Waals surface area contributed by atoms with E-state index in [1.54, 1.807) is 0 Å². The molecule has 0 saturated heterocycles. The zero-order valence-corrected chi connectivity index (χ0v) is 49.1. The highest BCUT2D eigenvalue weighted by atomic mass is 16.3. The van der Waals surface area contributed by atoms with Gasteiger partial charge < -0.3 is 19.1 Å². The van der Waals surface area contributed by atoms with Crippen molar-refractivity contribution in [1.29, 1.82) is 0 Å². The van der Waals surface area contributed by atoms with Crippen LogP contribution in [0.4, 0.5) is 45.5 Å². The second kappa shape index (κ2) is 14.9. The van der Waals surface area contributed by atoms with Crippen LogP contribution < -0.4 is 31.1 Å². The van der Waals surface area contributed by atoms with Gasteiger partial charge in [-0.2, -0.15) is 0 Å². The number of rotatable bonds is 1. The standard InChI is InChI=1S/C74H74BN3O/c1-42-31-63-67-64(32-42)77-59-39-55-53(33-43(59)2)71(10,11)48-22-16-17-23-49(48)74(55,14)54-40-60-56(36-50(54)68(3,4)5)72(12)29-19-20-30-73(72,13)78(60)45-26-28-57(61(77)34-45)75(67)58-37-51-52(70(8,9)41-69(51,6)7)38-62(58)76(63)44-25-27-47-46-21-15-18-24-65(46)79-66(47)35-44/h15-18,21-28,31-40H,19-20,29-30,41H2,1-14H3. The Labute approximate surface area is 468 Å². The van der Waals surface area contributed by atoms with E-state index in [0.29, 0.717) is 0 Å². The lowest BCUT2D eigenvalue weighted by atomic mass is 9.33. The number of hydrogen-bond acceptors (Lipinski definition) is 4. The van der Waals surface area contributed by atoms with E-state index in [-0.39, 0.29) is 39.3 Å². The molecule has 4 nitrogen and oxygen atoms in total. The topological polar surface area (TPSA) is 22.9 Å². The van der Waals surface area contributed by atoms with E-state index in [2.05, 4.69) is 245 Å². The molecule has 0 spiro atoms. The van der Waals surface area contributed by atoms with Crippen molar-refractivity contribution >= 4 is 90.5 Å². The molecular weight excluding hydrogens is 958 g/mol. The molecule has 4 aliphatic heterocycles. The van der Waals surface area contributed by atoms with E-state index < -0.39 is 5.41 Å². The smallest absolute Gasteiger partial charge is 0.252 e. The van der Waals surface area contributed by atoms with Crippen LogP contribution >= 0.6 is 0 Å². The average molecular weight is 1030 g/mol. The lowest BCUT2D eigenvalue weighted by Gasteiger charge is -2.51. The number of furan rings is 1. The molecule has 1 saturated carbocycles. The Morgan fingerprint density at radius 1 is 0.481 bits per heavy atom. The quantitative estimate of drug-likeness (QED) is 0.153. The first-order valence-corrected chi connectivity index (χ1v) is 29.7. The van der Waals surface area contributed by atoms with E-state index in [0.717, 1.165) is 40.5 Å². The maximum atomic E-state index is 6.73. The number of anilines is 8. The van der Waals surface area contributed by atoms with E-state index in [4.69, 9.17) is 4.42 Å². The van der Waals surface area contributed by atoms with E-state index in [1.807, 2.05) is 0 Å². The summed E-state index contributed by atoms with van der Waals surface area (Å²) in [7, 11) is 0. The van der Waals surface area contributed by atoms with Gasteiger partial charge in [0.1, 0.15) is 11.2 Å². The average Bonchev–Trinajstić information content (AvgIpc) is 2.13. The Kier molecular flexibility index (Phi) is 9.03. The summed E-state index contributed by atoms with van der Waals surface area (Å²) in [6.45, 7) is 34.8. The summed E-state index contributed by atoms with van der Waals surface area (Å²) < 4.78 is 6.73. The Bertz CT molecular complexity index is 4260. The summed E-state index contributed by atoms with van der Waals surface area (Å²) in [6.07, 6.45) is 5.90. The van der Waals surface area contributed by atoms with Gasteiger partial charge in [-0.15, -0.1) is 0 Å². The predicted octanol–water partition coefficient (Wildman–Crippen LogP) is 17.6. The molecule has 3 unspecified atom stereocenters. The molecule has 9 aromatic rings. The minimum absolute atomic E-state index is 0.0121. The third kappa shape index (κ3) is 5.83. The van der Waals surface area contributed by atoms with E-state index in [1.165, 1.54) is 137 Å². The lowest BCUT2D eigenvalue weighted by Crippen LogP contribution is -2.61. The first kappa shape index (κ1) is 48.0. The summed E-state index contributed by atoms with van der Waals surface area (Å²) in [5.74, 6) is 0. The Morgan fingerprint density at radius 2 is 1.13 bits per heavy atom. The first-order valence-electron chi connectivity index (χ1n) is 29.7. The van der Waals surface area contributed by atoms with Crippen molar-refractivity contribution in [3.63, 3.8) is 0 Å². The highest BCUT2D eigenvalue weighted by Gasteiger charge is 2.60. The summed E-state index contributed by atoms with van der Waals surface area (Å²) in [5, 5.41) is 2.30. The van der Waals surface area contributed by atoms with Gasteiger partial charge in [-0.1, -0.05) is 149 Å². The minimum atomic E-state index is -0.477. The van der Waals surface area contributed by atoms with Gasteiger partial charge >= 0.3 is 0 Å². The van der Waals surface area contributed by atoms with Crippen LogP contribution in [0.25, 0.3) is 21.9 Å². The summed E-state index contributed by atoms with van der Waals surface area (Å²) >= 11 is 0. The molecule has 1 fully saturated rings. The lowest BCUT2D eigenvalue weighted by molar-refractivity contribution is 0.195. The number of benzene rings is 8. The Balaban J connectivity index is 1.05. The van der Waals surface area contributed by atoms with Crippen molar-refractivity contribution in [2.75, 3.05) is 14.7 Å². The molecule has 3 aliphatic carbocycles. The van der Waals surface area contributed by atoms with Crippen LogP contribution in [-0.2, 0) is 32.5 Å². The number of para-hydroxylation sites is 1. The number of aryl methyl sites for hydroxylation is 2. The largest absolute Gasteiger partial charge is 0.456 e. The SMILES string of the molecule is Cc1cc2c3c(c1)N1c4cc5c(cc4C)C(C)(C)c4ccccc4C5(C)c4cc5c(cc4C(C)(C)C)C4(C)CCCCC4(C)N5c4ccc(c1c4)B3c1cc3c(cc1N2c1ccc2c(c1)oc1ccccc12)C(C)(C)CC3(C)C. The molecule has 1 aromatic heterocycles. The van der Waals surface area contributed by atoms with Gasteiger partial charge in [-0.3, -0.25) is 0 Å². The fraction of sp³-hybridized carbons (Fsp3) is 0.351. The van der Waals surface area contributed by atoms with Crippen LogP contribution in [0.5, 0.6) is 0 Å². The van der Waals surface area contributed by atoms with Crippen LogP contribution in [0, 0.1) is 13.8 Å². The zero-order valence-electron chi connectivity index (χ0n) is 49.1. The van der Waals surface area contributed by atoms with Crippen molar-refractivity contribution in [2.45, 2.75) is 167 Å². The summed E-state index contributed by atoms with van der Waals surface area (Å²) in [6, 6.07) is 53.7. The molecule has 8 aromatic carbocycles. The molecular formula is C74H74BN3O. The van der Waals surface area contributed by atoms with Gasteiger partial charge in [0.25, 0.3) is 6.71 Å².